The van der Waals surface area contributed by atoms with Gasteiger partial charge in [0.2, 0.25) is 0 Å². The van der Waals surface area contributed by atoms with Crippen LogP contribution in [0.1, 0.15) is 45.1 Å². The molecule has 0 spiro atoms. The minimum atomic E-state index is -0.397. The molecule has 1 saturated carbocycles. The van der Waals surface area contributed by atoms with Gasteiger partial charge in [-0.15, -0.1) is 0 Å². The zero-order chi connectivity index (χ0) is 15.5. The van der Waals surface area contributed by atoms with Crippen LogP contribution in [-0.2, 0) is 6.54 Å². The van der Waals surface area contributed by atoms with Crippen LogP contribution in [0.15, 0.2) is 18.2 Å². The fourth-order valence-electron chi connectivity index (χ4n) is 2.85. The van der Waals surface area contributed by atoms with Crippen molar-refractivity contribution in [3.8, 4) is 5.75 Å². The Morgan fingerprint density at radius 3 is 2.62 bits per heavy atom. The van der Waals surface area contributed by atoms with Crippen molar-refractivity contribution in [3.63, 3.8) is 0 Å². The molecule has 0 radical (unpaired) electrons. The van der Waals surface area contributed by atoms with Crippen LogP contribution in [0.2, 0.25) is 0 Å². The van der Waals surface area contributed by atoms with E-state index in [0.717, 1.165) is 5.56 Å². The summed E-state index contributed by atoms with van der Waals surface area (Å²) in [5.74, 6) is 0.308. The van der Waals surface area contributed by atoms with Crippen molar-refractivity contribution in [2.75, 3.05) is 7.11 Å². The predicted molar refractivity (Wildman–Crippen MR) is 82.5 cm³/mol. The highest BCUT2D eigenvalue weighted by molar-refractivity contribution is 5.48. The molecule has 5 heteroatoms. The van der Waals surface area contributed by atoms with Gasteiger partial charge in [0.1, 0.15) is 0 Å². The highest BCUT2D eigenvalue weighted by Crippen LogP contribution is 2.35. The summed E-state index contributed by atoms with van der Waals surface area (Å²) in [5.41, 5.74) is 1.41. The highest BCUT2D eigenvalue weighted by Gasteiger charge is 2.26. The number of nitro groups is 1. The Labute approximate surface area is 125 Å². The third-order valence-electron chi connectivity index (χ3n) is 4.37. The number of nitro benzene ring substituents is 1. The van der Waals surface area contributed by atoms with Crippen molar-refractivity contribution in [2.24, 2.45) is 5.41 Å². The Balaban J connectivity index is 1.95. The van der Waals surface area contributed by atoms with E-state index < -0.39 is 4.92 Å². The molecule has 1 aliphatic rings. The summed E-state index contributed by atoms with van der Waals surface area (Å²) in [5, 5.41) is 14.5. The molecule has 21 heavy (non-hydrogen) atoms. The van der Waals surface area contributed by atoms with E-state index in [1.807, 2.05) is 6.07 Å². The van der Waals surface area contributed by atoms with Gasteiger partial charge in [-0.2, -0.15) is 0 Å². The highest BCUT2D eigenvalue weighted by atomic mass is 16.6. The molecule has 0 atom stereocenters. The first-order valence-corrected chi connectivity index (χ1v) is 7.46. The smallest absolute Gasteiger partial charge is 0.311 e. The second-order valence-corrected chi connectivity index (χ2v) is 6.58. The Bertz CT molecular complexity index is 504. The van der Waals surface area contributed by atoms with Gasteiger partial charge in [-0.25, -0.2) is 0 Å². The number of methoxy groups -OCH3 is 1. The van der Waals surface area contributed by atoms with Crippen molar-refractivity contribution in [1.82, 2.24) is 5.32 Å². The SMILES string of the molecule is COc1ccc(CNC2CCC(C)(C)CC2)cc1[N+](=O)[O-]. The van der Waals surface area contributed by atoms with Crippen molar-refractivity contribution in [3.05, 3.63) is 33.9 Å². The number of ether oxygens (including phenoxy) is 1. The zero-order valence-electron chi connectivity index (χ0n) is 13.0. The molecule has 116 valence electrons. The van der Waals surface area contributed by atoms with Crippen LogP contribution in [0.3, 0.4) is 0 Å². The molecule has 0 bridgehead atoms. The van der Waals surface area contributed by atoms with Gasteiger partial charge < -0.3 is 10.1 Å². The van der Waals surface area contributed by atoms with Crippen LogP contribution in [0.25, 0.3) is 0 Å². The van der Waals surface area contributed by atoms with Crippen LogP contribution in [0, 0.1) is 15.5 Å². The van der Waals surface area contributed by atoms with Crippen LogP contribution >= 0.6 is 0 Å². The minimum Gasteiger partial charge on any atom is -0.490 e. The summed E-state index contributed by atoms with van der Waals surface area (Å²) >= 11 is 0. The first-order valence-electron chi connectivity index (χ1n) is 7.46. The number of hydrogen-bond acceptors (Lipinski definition) is 4. The molecule has 1 aromatic rings. The Kier molecular flexibility index (Phi) is 4.83. The van der Waals surface area contributed by atoms with E-state index in [1.165, 1.54) is 32.8 Å². The quantitative estimate of drug-likeness (QED) is 0.664. The lowest BCUT2D eigenvalue weighted by Gasteiger charge is -2.34. The maximum Gasteiger partial charge on any atom is 0.311 e. The second-order valence-electron chi connectivity index (χ2n) is 6.58. The number of benzene rings is 1. The van der Waals surface area contributed by atoms with E-state index in [4.69, 9.17) is 4.74 Å². The average Bonchev–Trinajstić information content (AvgIpc) is 2.45. The molecule has 0 heterocycles. The molecule has 0 saturated heterocycles. The molecule has 1 fully saturated rings. The normalized spacial score (nSPS) is 18.4. The Morgan fingerprint density at radius 2 is 2.05 bits per heavy atom. The van der Waals surface area contributed by atoms with Crippen LogP contribution in [0.5, 0.6) is 5.75 Å². The van der Waals surface area contributed by atoms with Gasteiger partial charge in [0.25, 0.3) is 0 Å². The van der Waals surface area contributed by atoms with Crippen LogP contribution in [-0.4, -0.2) is 18.1 Å². The van der Waals surface area contributed by atoms with Gasteiger partial charge in [-0.05, 0) is 42.7 Å². The molecule has 0 unspecified atom stereocenters. The van der Waals surface area contributed by atoms with Crippen molar-refractivity contribution in [2.45, 2.75) is 52.1 Å². The summed E-state index contributed by atoms with van der Waals surface area (Å²) < 4.78 is 5.02. The number of nitrogens with one attached hydrogen (secondary N) is 1. The Hall–Kier alpha value is -1.62. The standard InChI is InChI=1S/C16H24N2O3/c1-16(2)8-6-13(7-9-16)17-11-12-4-5-15(21-3)14(10-12)18(19)20/h4-5,10,13,17H,6-9,11H2,1-3H3. The molecule has 0 amide bonds. The van der Waals surface area contributed by atoms with E-state index in [9.17, 15) is 10.1 Å². The van der Waals surface area contributed by atoms with Crippen molar-refractivity contribution < 1.29 is 9.66 Å². The molecule has 0 aromatic heterocycles. The van der Waals surface area contributed by atoms with E-state index in [2.05, 4.69) is 19.2 Å². The van der Waals surface area contributed by atoms with Crippen molar-refractivity contribution >= 4 is 5.69 Å². The predicted octanol–water partition coefficient (Wildman–Crippen LogP) is 3.66. The maximum absolute atomic E-state index is 11.0. The summed E-state index contributed by atoms with van der Waals surface area (Å²) in [6.45, 7) is 5.29. The van der Waals surface area contributed by atoms with Gasteiger partial charge in [0.15, 0.2) is 5.75 Å². The van der Waals surface area contributed by atoms with E-state index in [1.54, 1.807) is 12.1 Å². The lowest BCUT2D eigenvalue weighted by atomic mass is 9.75. The molecule has 1 aromatic carbocycles. The number of rotatable bonds is 5. The number of hydrogen-bond donors (Lipinski definition) is 1. The fraction of sp³-hybridized carbons (Fsp3) is 0.625. The monoisotopic (exact) mass is 292 g/mol. The number of nitrogens with zero attached hydrogens (tertiary/aromatic N) is 1. The summed E-state index contributed by atoms with van der Waals surface area (Å²) in [7, 11) is 1.45. The first kappa shape index (κ1) is 15.8. The topological polar surface area (TPSA) is 64.4 Å². The van der Waals surface area contributed by atoms with Crippen LogP contribution in [0.4, 0.5) is 5.69 Å². The molecule has 0 aliphatic heterocycles. The lowest BCUT2D eigenvalue weighted by Crippen LogP contribution is -2.35. The van der Waals surface area contributed by atoms with E-state index in [0.29, 0.717) is 23.8 Å². The molecule has 1 N–H and O–H groups in total. The molecule has 2 rings (SSSR count). The van der Waals surface area contributed by atoms with Gasteiger partial charge in [0, 0.05) is 18.7 Å². The minimum absolute atomic E-state index is 0.0292. The summed E-state index contributed by atoms with van der Waals surface area (Å²) in [6.07, 6.45) is 4.80. The van der Waals surface area contributed by atoms with E-state index in [-0.39, 0.29) is 5.69 Å². The van der Waals surface area contributed by atoms with E-state index >= 15 is 0 Å². The fourth-order valence-corrected chi connectivity index (χ4v) is 2.85. The van der Waals surface area contributed by atoms with Gasteiger partial charge in [-0.3, -0.25) is 10.1 Å². The van der Waals surface area contributed by atoms with Crippen molar-refractivity contribution in [1.29, 1.82) is 0 Å². The maximum atomic E-state index is 11.0. The molecule has 1 aliphatic carbocycles. The largest absolute Gasteiger partial charge is 0.490 e. The Morgan fingerprint density at radius 1 is 1.38 bits per heavy atom. The lowest BCUT2D eigenvalue weighted by molar-refractivity contribution is -0.385. The van der Waals surface area contributed by atoms with Crippen LogP contribution < -0.4 is 10.1 Å². The zero-order valence-corrected chi connectivity index (χ0v) is 13.0. The third-order valence-corrected chi connectivity index (χ3v) is 4.37. The summed E-state index contributed by atoms with van der Waals surface area (Å²) in [4.78, 5) is 10.6. The second kappa shape index (κ2) is 6.43. The van der Waals surface area contributed by atoms with Gasteiger partial charge in [0.05, 0.1) is 12.0 Å². The first-order chi connectivity index (χ1) is 9.91. The molecular weight excluding hydrogens is 268 g/mol. The van der Waals surface area contributed by atoms with Gasteiger partial charge >= 0.3 is 5.69 Å². The third kappa shape index (κ3) is 4.17. The molecular formula is C16H24N2O3. The van der Waals surface area contributed by atoms with Gasteiger partial charge in [-0.1, -0.05) is 19.9 Å². The molecule has 5 nitrogen and oxygen atoms in total. The summed E-state index contributed by atoms with van der Waals surface area (Å²) in [6, 6.07) is 5.66. The average molecular weight is 292 g/mol.